The fourth-order valence-corrected chi connectivity index (χ4v) is 4.25. The van der Waals surface area contributed by atoms with Crippen LogP contribution in [0.3, 0.4) is 0 Å². The van der Waals surface area contributed by atoms with E-state index in [1.807, 2.05) is 0 Å². The summed E-state index contributed by atoms with van der Waals surface area (Å²) in [5.41, 5.74) is 0.942. The van der Waals surface area contributed by atoms with E-state index < -0.39 is 21.9 Å². The van der Waals surface area contributed by atoms with Gasteiger partial charge in [-0.25, -0.2) is 13.2 Å². The summed E-state index contributed by atoms with van der Waals surface area (Å²) in [6, 6.07) is 11.9. The summed E-state index contributed by atoms with van der Waals surface area (Å²) in [6.45, 7) is 7.46. The van der Waals surface area contributed by atoms with Gasteiger partial charge in [0.15, 0.2) is 5.11 Å². The van der Waals surface area contributed by atoms with Gasteiger partial charge in [-0.05, 0) is 54.7 Å². The molecule has 0 unspecified atom stereocenters. The Morgan fingerprint density at radius 2 is 1.66 bits per heavy atom. The molecule has 0 saturated carbocycles. The van der Waals surface area contributed by atoms with Gasteiger partial charge in [-0.3, -0.25) is 10.1 Å². The molecule has 2 aromatic rings. The average Bonchev–Trinajstić information content (AvgIpc) is 2.78. The third-order valence-corrected chi connectivity index (χ3v) is 6.24. The number of nitrogens with one attached hydrogen (secondary N) is 2. The van der Waals surface area contributed by atoms with Crippen molar-refractivity contribution in [2.24, 2.45) is 0 Å². The Bertz CT molecular complexity index is 1120. The van der Waals surface area contributed by atoms with Crippen molar-refractivity contribution in [3.63, 3.8) is 0 Å². The number of carbonyl (C=O) groups excluding carboxylic acids is 2. The van der Waals surface area contributed by atoms with E-state index in [2.05, 4.69) is 28.5 Å². The molecule has 0 aliphatic rings. The first kappa shape index (κ1) is 24.9. The number of nitrogens with zero attached hydrogens (tertiary/aromatic N) is 1. The summed E-state index contributed by atoms with van der Waals surface area (Å²) in [4.78, 5) is 24.1. The summed E-state index contributed by atoms with van der Waals surface area (Å²) < 4.78 is 31.4. The molecule has 0 aliphatic carbocycles. The number of sulfonamides is 1. The molecule has 0 fully saturated rings. The largest absolute Gasteiger partial charge is 0.465 e. The van der Waals surface area contributed by atoms with E-state index in [1.54, 1.807) is 6.07 Å². The van der Waals surface area contributed by atoms with Gasteiger partial charge in [0.05, 0.1) is 17.6 Å². The van der Waals surface area contributed by atoms with Crippen LogP contribution in [0.5, 0.6) is 0 Å². The Morgan fingerprint density at radius 3 is 2.22 bits per heavy atom. The lowest BCUT2D eigenvalue weighted by atomic mass is 10.1. The lowest BCUT2D eigenvalue weighted by Gasteiger charge is -2.19. The highest BCUT2D eigenvalue weighted by molar-refractivity contribution is 7.89. The van der Waals surface area contributed by atoms with E-state index in [-0.39, 0.29) is 34.2 Å². The molecule has 0 saturated heterocycles. The van der Waals surface area contributed by atoms with Gasteiger partial charge in [-0.1, -0.05) is 18.2 Å². The lowest BCUT2D eigenvalue weighted by Crippen LogP contribution is -2.34. The maximum Gasteiger partial charge on any atom is 0.337 e. The van der Waals surface area contributed by atoms with Crippen molar-refractivity contribution in [1.29, 1.82) is 0 Å². The summed E-state index contributed by atoms with van der Waals surface area (Å²) in [5, 5.41) is 5.33. The fourth-order valence-electron chi connectivity index (χ4n) is 2.66. The SMILES string of the molecule is C=CCN(CC=C)S(=O)(=O)c1ccc(NC(=S)NC(=O)c2cccc(C(=O)OC)c2)cc1. The highest BCUT2D eigenvalue weighted by atomic mass is 32.2. The van der Waals surface area contributed by atoms with Crippen molar-refractivity contribution in [2.75, 3.05) is 25.5 Å². The van der Waals surface area contributed by atoms with E-state index in [0.29, 0.717) is 5.69 Å². The van der Waals surface area contributed by atoms with Crippen molar-refractivity contribution < 1.29 is 22.7 Å². The molecule has 2 aromatic carbocycles. The first-order chi connectivity index (χ1) is 15.2. The first-order valence-electron chi connectivity index (χ1n) is 9.35. The zero-order valence-electron chi connectivity index (χ0n) is 17.4. The first-order valence-corrected chi connectivity index (χ1v) is 11.2. The second kappa shape index (κ2) is 11.3. The van der Waals surface area contributed by atoms with Gasteiger partial charge in [-0.15, -0.1) is 13.2 Å². The van der Waals surface area contributed by atoms with Crippen LogP contribution in [0.1, 0.15) is 20.7 Å². The molecule has 168 valence electrons. The second-order valence-electron chi connectivity index (χ2n) is 6.40. The average molecular weight is 474 g/mol. The molecule has 8 nitrogen and oxygen atoms in total. The number of amides is 1. The monoisotopic (exact) mass is 473 g/mol. The van der Waals surface area contributed by atoms with Gasteiger partial charge < -0.3 is 10.1 Å². The van der Waals surface area contributed by atoms with E-state index in [4.69, 9.17) is 12.2 Å². The quantitative estimate of drug-likeness (QED) is 0.328. The minimum absolute atomic E-state index is 0.00835. The smallest absolute Gasteiger partial charge is 0.337 e. The number of carbonyl (C=O) groups is 2. The molecule has 0 bridgehead atoms. The van der Waals surface area contributed by atoms with Crippen LogP contribution in [0.4, 0.5) is 5.69 Å². The highest BCUT2D eigenvalue weighted by Gasteiger charge is 2.22. The van der Waals surface area contributed by atoms with Crippen LogP contribution in [-0.4, -0.2) is 49.9 Å². The highest BCUT2D eigenvalue weighted by Crippen LogP contribution is 2.18. The number of ether oxygens (including phenoxy) is 1. The van der Waals surface area contributed by atoms with Crippen LogP contribution in [-0.2, 0) is 14.8 Å². The van der Waals surface area contributed by atoms with Gasteiger partial charge >= 0.3 is 5.97 Å². The molecule has 0 heterocycles. The van der Waals surface area contributed by atoms with Crippen LogP contribution in [0, 0.1) is 0 Å². The van der Waals surface area contributed by atoms with Crippen molar-refractivity contribution in [1.82, 2.24) is 9.62 Å². The van der Waals surface area contributed by atoms with Crippen LogP contribution in [0.15, 0.2) is 78.7 Å². The topological polar surface area (TPSA) is 105 Å². The standard InChI is InChI=1S/C22H23N3O5S2/c1-4-13-25(14-5-2)32(28,29)19-11-9-18(10-12-19)23-22(31)24-20(26)16-7-6-8-17(15-16)21(27)30-3/h4-12,15H,1-2,13-14H2,3H3,(H2,23,24,26,31). The number of hydrogen-bond donors (Lipinski definition) is 2. The summed E-state index contributed by atoms with van der Waals surface area (Å²) in [7, 11) is -2.47. The van der Waals surface area contributed by atoms with E-state index in [1.165, 1.54) is 66.0 Å². The van der Waals surface area contributed by atoms with Crippen molar-refractivity contribution in [3.05, 3.63) is 85.0 Å². The van der Waals surface area contributed by atoms with Crippen LogP contribution >= 0.6 is 12.2 Å². The van der Waals surface area contributed by atoms with Gasteiger partial charge in [0, 0.05) is 24.3 Å². The van der Waals surface area contributed by atoms with Gasteiger partial charge in [0.1, 0.15) is 0 Å². The fraction of sp³-hybridized carbons (Fsp3) is 0.136. The van der Waals surface area contributed by atoms with E-state index in [0.717, 1.165) is 0 Å². The Hall–Kier alpha value is -3.34. The third-order valence-electron chi connectivity index (χ3n) is 4.19. The molecule has 0 aliphatic heterocycles. The van der Waals surface area contributed by atoms with Gasteiger partial charge in [0.25, 0.3) is 5.91 Å². The summed E-state index contributed by atoms with van der Waals surface area (Å²) >= 11 is 5.15. The zero-order valence-corrected chi connectivity index (χ0v) is 19.0. The molecule has 2 rings (SSSR count). The number of thiocarbonyl (C=S) groups is 1. The number of anilines is 1. The molecule has 1 amide bonds. The number of hydrogen-bond acceptors (Lipinski definition) is 6. The Labute approximate surface area is 192 Å². The number of esters is 1. The summed E-state index contributed by atoms with van der Waals surface area (Å²) in [6.07, 6.45) is 3.00. The molecule has 2 N–H and O–H groups in total. The normalized spacial score (nSPS) is 10.8. The summed E-state index contributed by atoms with van der Waals surface area (Å²) in [5.74, 6) is -1.08. The molecular weight excluding hydrogens is 450 g/mol. The zero-order chi connectivity index (χ0) is 23.7. The van der Waals surface area contributed by atoms with Crippen molar-refractivity contribution >= 4 is 44.9 Å². The second-order valence-corrected chi connectivity index (χ2v) is 8.75. The molecule has 0 atom stereocenters. The Kier molecular flexibility index (Phi) is 8.82. The van der Waals surface area contributed by atoms with Crippen LogP contribution in [0.25, 0.3) is 0 Å². The molecule has 0 spiro atoms. The number of rotatable bonds is 9. The predicted molar refractivity (Wildman–Crippen MR) is 127 cm³/mol. The molecule has 0 aromatic heterocycles. The van der Waals surface area contributed by atoms with Crippen molar-refractivity contribution in [3.8, 4) is 0 Å². The minimum Gasteiger partial charge on any atom is -0.465 e. The van der Waals surface area contributed by atoms with Crippen LogP contribution in [0.2, 0.25) is 0 Å². The minimum atomic E-state index is -3.72. The maximum atomic E-state index is 12.7. The van der Waals surface area contributed by atoms with Gasteiger partial charge in [0.2, 0.25) is 10.0 Å². The predicted octanol–water partition coefficient (Wildman–Crippen LogP) is 2.96. The lowest BCUT2D eigenvalue weighted by molar-refractivity contribution is 0.0600. The van der Waals surface area contributed by atoms with E-state index >= 15 is 0 Å². The number of methoxy groups -OCH3 is 1. The van der Waals surface area contributed by atoms with E-state index in [9.17, 15) is 18.0 Å². The molecular formula is C22H23N3O5S2. The van der Waals surface area contributed by atoms with Crippen LogP contribution < -0.4 is 10.6 Å². The Balaban J connectivity index is 2.07. The molecule has 32 heavy (non-hydrogen) atoms. The Morgan fingerprint density at radius 1 is 1.06 bits per heavy atom. The van der Waals surface area contributed by atoms with Crippen molar-refractivity contribution in [2.45, 2.75) is 4.90 Å². The number of benzene rings is 2. The third kappa shape index (κ3) is 6.33. The molecule has 10 heteroatoms. The molecule has 0 radical (unpaired) electrons. The maximum absolute atomic E-state index is 12.7. The van der Waals surface area contributed by atoms with Gasteiger partial charge in [-0.2, -0.15) is 4.31 Å².